The van der Waals surface area contributed by atoms with Gasteiger partial charge in [0, 0.05) is 23.2 Å². The van der Waals surface area contributed by atoms with Crippen molar-refractivity contribution in [1.29, 1.82) is 0 Å². The quantitative estimate of drug-likeness (QED) is 0.589. The number of thiazole rings is 1. The van der Waals surface area contributed by atoms with E-state index in [1.165, 1.54) is 11.3 Å². The first-order valence-electron chi connectivity index (χ1n) is 8.23. The van der Waals surface area contributed by atoms with Gasteiger partial charge in [-0.15, -0.1) is 11.3 Å². The molecule has 2 aromatic carbocycles. The largest absolute Gasteiger partial charge is 0.508 e. The third-order valence-electron chi connectivity index (χ3n) is 4.46. The summed E-state index contributed by atoms with van der Waals surface area (Å²) in [5, 5.41) is 14.9. The summed E-state index contributed by atoms with van der Waals surface area (Å²) in [5.41, 5.74) is 7.64. The summed E-state index contributed by atoms with van der Waals surface area (Å²) in [6, 6.07) is 14.5. The van der Waals surface area contributed by atoms with Crippen LogP contribution in [-0.2, 0) is 4.79 Å². The molecule has 1 heterocycles. The van der Waals surface area contributed by atoms with Crippen LogP contribution >= 0.6 is 11.3 Å². The molecule has 3 rings (SSSR count). The van der Waals surface area contributed by atoms with E-state index in [1.54, 1.807) is 18.3 Å². The molecule has 1 atom stereocenters. The Balaban J connectivity index is 2.02. The average Bonchev–Trinajstić information content (AvgIpc) is 3.11. The molecule has 6 heteroatoms. The Morgan fingerprint density at radius 1 is 1.12 bits per heavy atom. The smallest absolute Gasteiger partial charge is 0.232 e. The van der Waals surface area contributed by atoms with Crippen LogP contribution in [0.25, 0.3) is 0 Å². The van der Waals surface area contributed by atoms with Crippen molar-refractivity contribution in [2.75, 3.05) is 11.1 Å². The number of amides is 1. The SMILES string of the molecule is CC(C)(C(=O)Nc1nccs1)C(c1ccc(N)cc1)c1ccc(O)cc1. The molecule has 1 unspecified atom stereocenters. The number of hydrogen-bond donors (Lipinski definition) is 3. The average molecular weight is 367 g/mol. The first-order valence-corrected chi connectivity index (χ1v) is 9.11. The highest BCUT2D eigenvalue weighted by Crippen LogP contribution is 2.42. The van der Waals surface area contributed by atoms with Gasteiger partial charge >= 0.3 is 0 Å². The van der Waals surface area contributed by atoms with Crippen LogP contribution in [0.4, 0.5) is 10.8 Å². The molecule has 134 valence electrons. The lowest BCUT2D eigenvalue weighted by molar-refractivity contribution is -0.124. The van der Waals surface area contributed by atoms with Crippen LogP contribution in [0.2, 0.25) is 0 Å². The summed E-state index contributed by atoms with van der Waals surface area (Å²) in [4.78, 5) is 17.2. The van der Waals surface area contributed by atoms with Gasteiger partial charge in [0.15, 0.2) is 5.13 Å². The Morgan fingerprint density at radius 3 is 2.23 bits per heavy atom. The van der Waals surface area contributed by atoms with E-state index in [4.69, 9.17) is 5.73 Å². The Labute approximate surface area is 156 Å². The lowest BCUT2D eigenvalue weighted by Crippen LogP contribution is -2.37. The van der Waals surface area contributed by atoms with Crippen molar-refractivity contribution in [3.8, 4) is 5.75 Å². The molecule has 0 aliphatic carbocycles. The minimum absolute atomic E-state index is 0.123. The first kappa shape index (κ1) is 17.9. The van der Waals surface area contributed by atoms with Crippen LogP contribution in [0, 0.1) is 5.41 Å². The number of aromatic hydroxyl groups is 1. The van der Waals surface area contributed by atoms with Gasteiger partial charge in [-0.3, -0.25) is 4.79 Å². The second kappa shape index (κ2) is 7.17. The van der Waals surface area contributed by atoms with Gasteiger partial charge in [-0.25, -0.2) is 4.98 Å². The molecule has 0 aliphatic heterocycles. The van der Waals surface area contributed by atoms with Crippen LogP contribution in [-0.4, -0.2) is 16.0 Å². The number of hydrogen-bond acceptors (Lipinski definition) is 5. The van der Waals surface area contributed by atoms with Crippen LogP contribution in [0.1, 0.15) is 30.9 Å². The lowest BCUT2D eigenvalue weighted by Gasteiger charge is -2.34. The fraction of sp³-hybridized carbons (Fsp3) is 0.200. The van der Waals surface area contributed by atoms with Gasteiger partial charge in [0.2, 0.25) is 5.91 Å². The normalized spacial score (nSPS) is 12.5. The number of carbonyl (C=O) groups is 1. The molecule has 26 heavy (non-hydrogen) atoms. The third kappa shape index (κ3) is 3.70. The number of anilines is 2. The van der Waals surface area contributed by atoms with E-state index < -0.39 is 5.41 Å². The molecule has 1 aromatic heterocycles. The van der Waals surface area contributed by atoms with Crippen molar-refractivity contribution in [3.63, 3.8) is 0 Å². The van der Waals surface area contributed by atoms with Gasteiger partial charge in [-0.05, 0) is 35.4 Å². The molecular formula is C20H21N3O2S. The maximum absolute atomic E-state index is 13.0. The molecule has 0 radical (unpaired) electrons. The Bertz CT molecular complexity index is 827. The minimum Gasteiger partial charge on any atom is -0.508 e. The fourth-order valence-corrected chi connectivity index (χ4v) is 3.58. The highest BCUT2D eigenvalue weighted by molar-refractivity contribution is 7.13. The van der Waals surface area contributed by atoms with E-state index >= 15 is 0 Å². The van der Waals surface area contributed by atoms with E-state index in [9.17, 15) is 9.90 Å². The second-order valence-electron chi connectivity index (χ2n) is 6.70. The molecule has 0 bridgehead atoms. The minimum atomic E-state index is -0.765. The van der Waals surface area contributed by atoms with Crippen LogP contribution in [0.3, 0.4) is 0 Å². The number of carbonyl (C=O) groups excluding carboxylic acids is 1. The zero-order chi connectivity index (χ0) is 18.7. The van der Waals surface area contributed by atoms with E-state index in [0.717, 1.165) is 11.1 Å². The van der Waals surface area contributed by atoms with Gasteiger partial charge in [0.25, 0.3) is 0 Å². The zero-order valence-electron chi connectivity index (χ0n) is 14.6. The number of nitrogens with two attached hydrogens (primary N) is 1. The number of aromatic nitrogens is 1. The van der Waals surface area contributed by atoms with Crippen LogP contribution < -0.4 is 11.1 Å². The van der Waals surface area contributed by atoms with Gasteiger partial charge in [-0.2, -0.15) is 0 Å². The lowest BCUT2D eigenvalue weighted by atomic mass is 9.70. The predicted molar refractivity (Wildman–Crippen MR) is 105 cm³/mol. The molecule has 1 amide bonds. The molecule has 3 aromatic rings. The van der Waals surface area contributed by atoms with E-state index in [0.29, 0.717) is 10.8 Å². The van der Waals surface area contributed by atoms with Crippen molar-refractivity contribution in [2.24, 2.45) is 5.41 Å². The molecular weight excluding hydrogens is 346 g/mol. The summed E-state index contributed by atoms with van der Waals surface area (Å²) in [6.07, 6.45) is 1.66. The zero-order valence-corrected chi connectivity index (χ0v) is 15.5. The van der Waals surface area contributed by atoms with Gasteiger partial charge in [0.1, 0.15) is 5.75 Å². The Kier molecular flexibility index (Phi) is 4.95. The standard InChI is InChI=1S/C20H21N3O2S/c1-20(2,18(25)23-19-22-11-12-26-19)17(13-3-7-15(21)8-4-13)14-5-9-16(24)10-6-14/h3-12,17,24H,21H2,1-2H3,(H,22,23,25). The molecule has 0 fully saturated rings. The number of phenolic OH excluding ortho intramolecular Hbond substituents is 1. The number of nitrogens with zero attached hydrogens (tertiary/aromatic N) is 1. The van der Waals surface area contributed by atoms with E-state index in [-0.39, 0.29) is 17.6 Å². The number of benzene rings is 2. The maximum Gasteiger partial charge on any atom is 0.232 e. The van der Waals surface area contributed by atoms with E-state index in [1.807, 2.05) is 55.6 Å². The van der Waals surface area contributed by atoms with E-state index in [2.05, 4.69) is 10.3 Å². The number of rotatable bonds is 5. The Hall–Kier alpha value is -2.86. The molecule has 0 saturated carbocycles. The highest BCUT2D eigenvalue weighted by atomic mass is 32.1. The topological polar surface area (TPSA) is 88.2 Å². The van der Waals surface area contributed by atoms with Crippen molar-refractivity contribution in [1.82, 2.24) is 4.98 Å². The number of nitrogens with one attached hydrogen (secondary N) is 1. The van der Waals surface area contributed by atoms with Crippen molar-refractivity contribution in [3.05, 3.63) is 71.2 Å². The monoisotopic (exact) mass is 367 g/mol. The van der Waals surface area contributed by atoms with Gasteiger partial charge in [-0.1, -0.05) is 38.1 Å². The van der Waals surface area contributed by atoms with Crippen molar-refractivity contribution in [2.45, 2.75) is 19.8 Å². The Morgan fingerprint density at radius 2 is 1.69 bits per heavy atom. The summed E-state index contributed by atoms with van der Waals surface area (Å²) in [5.74, 6) is -0.152. The summed E-state index contributed by atoms with van der Waals surface area (Å²) in [6.45, 7) is 3.81. The molecule has 0 saturated heterocycles. The fourth-order valence-electron chi connectivity index (χ4n) is 3.06. The van der Waals surface area contributed by atoms with Crippen LogP contribution in [0.5, 0.6) is 5.75 Å². The predicted octanol–water partition coefficient (Wildman–Crippen LogP) is 4.23. The maximum atomic E-state index is 13.0. The summed E-state index contributed by atoms with van der Waals surface area (Å²) in [7, 11) is 0. The molecule has 0 spiro atoms. The molecule has 5 nitrogen and oxygen atoms in total. The van der Waals surface area contributed by atoms with Crippen molar-refractivity contribution >= 4 is 28.1 Å². The first-order chi connectivity index (χ1) is 12.4. The van der Waals surface area contributed by atoms with Gasteiger partial charge in [0.05, 0.1) is 5.41 Å². The number of phenols is 1. The second-order valence-corrected chi connectivity index (χ2v) is 7.60. The van der Waals surface area contributed by atoms with Crippen LogP contribution in [0.15, 0.2) is 60.1 Å². The number of nitrogen functional groups attached to an aromatic ring is 1. The van der Waals surface area contributed by atoms with Gasteiger partial charge < -0.3 is 16.2 Å². The highest BCUT2D eigenvalue weighted by Gasteiger charge is 2.39. The summed E-state index contributed by atoms with van der Waals surface area (Å²) < 4.78 is 0. The van der Waals surface area contributed by atoms with Crippen molar-refractivity contribution < 1.29 is 9.90 Å². The molecule has 0 aliphatic rings. The summed E-state index contributed by atoms with van der Waals surface area (Å²) >= 11 is 1.38. The molecule has 4 N–H and O–H groups in total. The third-order valence-corrected chi connectivity index (χ3v) is 5.14.